The molecule has 0 N–H and O–H groups in total. The first-order valence-corrected chi connectivity index (χ1v) is 10.2. The van der Waals surface area contributed by atoms with E-state index < -0.39 is 0 Å². The lowest BCUT2D eigenvalue weighted by molar-refractivity contribution is 0.916. The van der Waals surface area contributed by atoms with Gasteiger partial charge >= 0.3 is 0 Å². The number of benzene rings is 3. The molecule has 27 heavy (non-hydrogen) atoms. The lowest BCUT2D eigenvalue weighted by Gasteiger charge is -2.11. The second kappa shape index (κ2) is 8.57. The van der Waals surface area contributed by atoms with Crippen LogP contribution in [-0.4, -0.2) is 0 Å². The van der Waals surface area contributed by atoms with Crippen LogP contribution in [-0.2, 0) is 19.3 Å². The minimum atomic E-state index is 1.01. The lowest BCUT2D eigenvalue weighted by Crippen LogP contribution is -1.97. The summed E-state index contributed by atoms with van der Waals surface area (Å²) in [4.78, 5) is 0. The van der Waals surface area contributed by atoms with Crippen molar-refractivity contribution in [2.45, 2.75) is 60.3 Å². The maximum absolute atomic E-state index is 2.40. The molecule has 0 heterocycles. The van der Waals surface area contributed by atoms with Crippen LogP contribution in [0.3, 0.4) is 0 Å². The molecule has 3 aromatic rings. The van der Waals surface area contributed by atoms with E-state index in [-0.39, 0.29) is 0 Å². The first-order valence-electron chi connectivity index (χ1n) is 10.2. The SMILES string of the molecule is CCCc1cc(C)cc(Cc2cc(C)cc(Cc3cc(C)cc(C)c3)c2)c1. The van der Waals surface area contributed by atoms with Gasteiger partial charge < -0.3 is 0 Å². The Labute approximate surface area is 165 Å². The van der Waals surface area contributed by atoms with Crippen molar-refractivity contribution >= 4 is 0 Å². The molecule has 0 amide bonds. The molecule has 0 fully saturated rings. The van der Waals surface area contributed by atoms with E-state index in [0.29, 0.717) is 0 Å². The summed E-state index contributed by atoms with van der Waals surface area (Å²) in [6.07, 6.45) is 4.39. The van der Waals surface area contributed by atoms with Gasteiger partial charge in [-0.3, -0.25) is 0 Å². The van der Waals surface area contributed by atoms with Crippen LogP contribution in [0.25, 0.3) is 0 Å². The van der Waals surface area contributed by atoms with Gasteiger partial charge in [0.2, 0.25) is 0 Å². The Morgan fingerprint density at radius 3 is 1.22 bits per heavy atom. The van der Waals surface area contributed by atoms with Gasteiger partial charge in [-0.25, -0.2) is 0 Å². The molecule has 0 aromatic heterocycles. The molecule has 0 atom stereocenters. The van der Waals surface area contributed by atoms with Crippen molar-refractivity contribution in [3.63, 3.8) is 0 Å². The summed E-state index contributed by atoms with van der Waals surface area (Å²) in [5.41, 5.74) is 12.6. The van der Waals surface area contributed by atoms with Crippen LogP contribution in [0.2, 0.25) is 0 Å². The van der Waals surface area contributed by atoms with E-state index in [0.717, 1.165) is 12.8 Å². The van der Waals surface area contributed by atoms with Crippen molar-refractivity contribution in [2.75, 3.05) is 0 Å². The number of hydrogen-bond donors (Lipinski definition) is 0. The summed E-state index contributed by atoms with van der Waals surface area (Å²) >= 11 is 0. The Kier molecular flexibility index (Phi) is 6.16. The van der Waals surface area contributed by atoms with Crippen LogP contribution in [0.5, 0.6) is 0 Å². The van der Waals surface area contributed by atoms with Gasteiger partial charge in [-0.2, -0.15) is 0 Å². The molecule has 0 bridgehead atoms. The van der Waals surface area contributed by atoms with Gasteiger partial charge in [0.1, 0.15) is 0 Å². The Hall–Kier alpha value is -2.34. The standard InChI is InChI=1S/C27H32/c1-6-7-23-9-21(4)12-25(15-23)17-27-14-22(5)13-26(18-27)16-24-10-19(2)8-20(3)11-24/h8-15,18H,6-7,16-17H2,1-5H3. The monoisotopic (exact) mass is 356 g/mol. The summed E-state index contributed by atoms with van der Waals surface area (Å²) < 4.78 is 0. The van der Waals surface area contributed by atoms with Crippen LogP contribution in [0.4, 0.5) is 0 Å². The third-order valence-electron chi connectivity index (χ3n) is 5.03. The predicted molar refractivity (Wildman–Crippen MR) is 118 cm³/mol. The molecule has 0 spiro atoms. The highest BCUT2D eigenvalue weighted by molar-refractivity contribution is 5.39. The van der Waals surface area contributed by atoms with Crippen LogP contribution >= 0.6 is 0 Å². The number of hydrogen-bond acceptors (Lipinski definition) is 0. The smallest absolute Gasteiger partial charge is 0.00254 e. The molecule has 0 heteroatoms. The van der Waals surface area contributed by atoms with Gasteiger partial charge in [-0.15, -0.1) is 0 Å². The predicted octanol–water partition coefficient (Wildman–Crippen LogP) is 7.05. The summed E-state index contributed by atoms with van der Waals surface area (Å²) in [6, 6.07) is 21.0. The van der Waals surface area contributed by atoms with E-state index in [9.17, 15) is 0 Å². The summed E-state index contributed by atoms with van der Waals surface area (Å²) in [7, 11) is 0. The molecule has 140 valence electrons. The van der Waals surface area contributed by atoms with E-state index in [1.807, 2.05) is 0 Å². The molecule has 0 aliphatic heterocycles. The zero-order valence-electron chi connectivity index (χ0n) is 17.5. The second-order valence-corrected chi connectivity index (χ2v) is 8.25. The molecule has 0 nitrogen and oxygen atoms in total. The lowest BCUT2D eigenvalue weighted by atomic mass is 9.94. The van der Waals surface area contributed by atoms with E-state index in [1.165, 1.54) is 62.9 Å². The summed E-state index contributed by atoms with van der Waals surface area (Å²) in [6.45, 7) is 11.0. The van der Waals surface area contributed by atoms with E-state index in [4.69, 9.17) is 0 Å². The highest BCUT2D eigenvalue weighted by Gasteiger charge is 2.05. The maximum atomic E-state index is 2.40. The third-order valence-corrected chi connectivity index (χ3v) is 5.03. The van der Waals surface area contributed by atoms with Crippen LogP contribution in [0, 0.1) is 27.7 Å². The van der Waals surface area contributed by atoms with Gasteiger partial charge in [-0.05, 0) is 74.8 Å². The van der Waals surface area contributed by atoms with E-state index in [1.54, 1.807) is 0 Å². The molecule has 0 radical (unpaired) electrons. The molecule has 3 rings (SSSR count). The maximum Gasteiger partial charge on any atom is -0.00254 e. The van der Waals surface area contributed by atoms with Gasteiger partial charge in [-0.1, -0.05) is 90.2 Å². The quantitative estimate of drug-likeness (QED) is 0.444. The van der Waals surface area contributed by atoms with Crippen LogP contribution < -0.4 is 0 Å². The van der Waals surface area contributed by atoms with Crippen molar-refractivity contribution < 1.29 is 0 Å². The Morgan fingerprint density at radius 1 is 0.444 bits per heavy atom. The highest BCUT2D eigenvalue weighted by Crippen LogP contribution is 2.20. The van der Waals surface area contributed by atoms with Gasteiger partial charge in [0.05, 0.1) is 0 Å². The van der Waals surface area contributed by atoms with Crippen LogP contribution in [0.15, 0.2) is 54.6 Å². The third kappa shape index (κ3) is 5.57. The van der Waals surface area contributed by atoms with Crippen LogP contribution in [0.1, 0.15) is 63.4 Å². The Bertz CT molecular complexity index is 911. The molecular weight excluding hydrogens is 324 g/mol. The average molecular weight is 357 g/mol. The minimum Gasteiger partial charge on any atom is -0.0651 e. The molecule has 0 saturated heterocycles. The van der Waals surface area contributed by atoms with Crippen molar-refractivity contribution in [1.29, 1.82) is 0 Å². The zero-order chi connectivity index (χ0) is 19.4. The van der Waals surface area contributed by atoms with Crippen molar-refractivity contribution in [3.8, 4) is 0 Å². The number of aryl methyl sites for hydroxylation is 5. The molecule has 0 unspecified atom stereocenters. The van der Waals surface area contributed by atoms with Crippen molar-refractivity contribution in [2.24, 2.45) is 0 Å². The largest absolute Gasteiger partial charge is 0.0651 e. The molecule has 0 saturated carbocycles. The second-order valence-electron chi connectivity index (χ2n) is 8.25. The first kappa shape index (κ1) is 19.4. The van der Waals surface area contributed by atoms with Gasteiger partial charge in [0, 0.05) is 0 Å². The fourth-order valence-corrected chi connectivity index (χ4v) is 4.28. The highest BCUT2D eigenvalue weighted by atomic mass is 14.1. The molecule has 0 aliphatic rings. The minimum absolute atomic E-state index is 1.01. The Balaban J connectivity index is 1.85. The van der Waals surface area contributed by atoms with E-state index >= 15 is 0 Å². The average Bonchev–Trinajstić information content (AvgIpc) is 2.52. The normalized spacial score (nSPS) is 11.0. The molecule has 0 aliphatic carbocycles. The van der Waals surface area contributed by atoms with Crippen molar-refractivity contribution in [3.05, 3.63) is 105 Å². The Morgan fingerprint density at radius 2 is 0.778 bits per heavy atom. The fourth-order valence-electron chi connectivity index (χ4n) is 4.28. The topological polar surface area (TPSA) is 0 Å². The van der Waals surface area contributed by atoms with E-state index in [2.05, 4.69) is 89.2 Å². The van der Waals surface area contributed by atoms with Gasteiger partial charge in [0.25, 0.3) is 0 Å². The van der Waals surface area contributed by atoms with Crippen molar-refractivity contribution in [1.82, 2.24) is 0 Å². The number of rotatable bonds is 6. The molecular formula is C27H32. The molecule has 3 aromatic carbocycles. The zero-order valence-corrected chi connectivity index (χ0v) is 17.5. The fraction of sp³-hybridized carbons (Fsp3) is 0.333. The summed E-state index contributed by atoms with van der Waals surface area (Å²) in [5, 5.41) is 0. The first-order chi connectivity index (χ1) is 12.9. The summed E-state index contributed by atoms with van der Waals surface area (Å²) in [5.74, 6) is 0. The van der Waals surface area contributed by atoms with Gasteiger partial charge in [0.15, 0.2) is 0 Å².